The molecular formula is C17H23N3O6S. The highest BCUT2D eigenvalue weighted by molar-refractivity contribution is 7.88. The molecule has 0 saturated carbocycles. The molecule has 2 N–H and O–H groups in total. The van der Waals surface area contributed by atoms with Gasteiger partial charge in [-0.25, -0.2) is 12.7 Å². The number of piperidine rings is 1. The van der Waals surface area contributed by atoms with Crippen LogP contribution in [0.4, 0.5) is 5.69 Å². The number of esters is 1. The molecular weight excluding hydrogens is 374 g/mol. The van der Waals surface area contributed by atoms with Crippen LogP contribution in [0.1, 0.15) is 23.2 Å². The first-order valence-electron chi connectivity index (χ1n) is 8.42. The summed E-state index contributed by atoms with van der Waals surface area (Å²) in [6.45, 7) is 0.437. The zero-order valence-corrected chi connectivity index (χ0v) is 16.0. The van der Waals surface area contributed by atoms with E-state index in [4.69, 9.17) is 0 Å². The Bertz CT molecular complexity index is 798. The number of hydrogen-bond donors (Lipinski definition) is 2. The van der Waals surface area contributed by atoms with Crippen molar-refractivity contribution in [1.29, 1.82) is 0 Å². The van der Waals surface area contributed by atoms with Gasteiger partial charge < -0.3 is 15.4 Å². The lowest BCUT2D eigenvalue weighted by Crippen LogP contribution is -2.40. The first-order valence-corrected chi connectivity index (χ1v) is 10.3. The number of carbonyl (C=O) groups is 3. The molecule has 0 atom stereocenters. The summed E-state index contributed by atoms with van der Waals surface area (Å²) < 4.78 is 28.8. The topological polar surface area (TPSA) is 122 Å². The van der Waals surface area contributed by atoms with Gasteiger partial charge in [0.25, 0.3) is 5.91 Å². The molecule has 0 aliphatic carbocycles. The van der Waals surface area contributed by atoms with E-state index in [1.54, 1.807) is 12.1 Å². The normalized spacial score (nSPS) is 15.8. The van der Waals surface area contributed by atoms with Crippen molar-refractivity contribution in [2.24, 2.45) is 5.92 Å². The molecule has 1 heterocycles. The average molecular weight is 397 g/mol. The molecule has 148 valence electrons. The predicted octanol–water partition coefficient (Wildman–Crippen LogP) is 0.200. The van der Waals surface area contributed by atoms with Gasteiger partial charge in [0.1, 0.15) is 6.54 Å². The summed E-state index contributed by atoms with van der Waals surface area (Å²) in [5.41, 5.74) is 0.883. The number of nitrogens with one attached hydrogen (secondary N) is 2. The molecule has 1 aliphatic heterocycles. The van der Waals surface area contributed by atoms with Crippen molar-refractivity contribution in [3.8, 4) is 0 Å². The Hall–Kier alpha value is -2.46. The Morgan fingerprint density at radius 3 is 2.26 bits per heavy atom. The molecule has 0 bridgehead atoms. The van der Waals surface area contributed by atoms with Crippen LogP contribution in [0.15, 0.2) is 24.3 Å². The number of nitrogens with zero attached hydrogens (tertiary/aromatic N) is 1. The highest BCUT2D eigenvalue weighted by Crippen LogP contribution is 2.21. The van der Waals surface area contributed by atoms with Gasteiger partial charge in [0.2, 0.25) is 15.9 Å². The summed E-state index contributed by atoms with van der Waals surface area (Å²) in [5.74, 6) is -1.40. The third kappa shape index (κ3) is 6.04. The summed E-state index contributed by atoms with van der Waals surface area (Å²) in [6, 6.07) is 6.26. The summed E-state index contributed by atoms with van der Waals surface area (Å²) in [4.78, 5) is 35.3. The maximum atomic E-state index is 12.3. The second kappa shape index (κ2) is 8.96. The number of benzene rings is 1. The maximum Gasteiger partial charge on any atom is 0.325 e. The van der Waals surface area contributed by atoms with Gasteiger partial charge in [-0.05, 0) is 37.1 Å². The Balaban J connectivity index is 1.86. The minimum absolute atomic E-state index is 0.175. The van der Waals surface area contributed by atoms with E-state index < -0.39 is 21.9 Å². The van der Waals surface area contributed by atoms with Crippen molar-refractivity contribution in [2.75, 3.05) is 38.3 Å². The van der Waals surface area contributed by atoms with Crippen molar-refractivity contribution in [2.45, 2.75) is 12.8 Å². The zero-order chi connectivity index (χ0) is 20.0. The molecule has 2 rings (SSSR count). The van der Waals surface area contributed by atoms with Gasteiger partial charge >= 0.3 is 5.97 Å². The number of carbonyl (C=O) groups excluding carboxylic acids is 3. The average Bonchev–Trinajstić information content (AvgIpc) is 2.65. The number of sulfonamides is 1. The van der Waals surface area contributed by atoms with E-state index in [0.29, 0.717) is 37.2 Å². The molecule has 1 aromatic rings. The monoisotopic (exact) mass is 397 g/mol. The van der Waals surface area contributed by atoms with Crippen molar-refractivity contribution in [3.63, 3.8) is 0 Å². The summed E-state index contributed by atoms with van der Waals surface area (Å²) in [5, 5.41) is 5.20. The van der Waals surface area contributed by atoms with Crippen LogP contribution in [-0.4, -0.2) is 63.5 Å². The first-order chi connectivity index (χ1) is 12.7. The molecule has 2 amide bonds. The zero-order valence-electron chi connectivity index (χ0n) is 15.2. The molecule has 1 aliphatic rings. The van der Waals surface area contributed by atoms with Gasteiger partial charge in [0.15, 0.2) is 0 Å². The lowest BCUT2D eigenvalue weighted by Gasteiger charge is -2.29. The molecule has 9 nitrogen and oxygen atoms in total. The first kappa shape index (κ1) is 20.8. The fourth-order valence-corrected chi connectivity index (χ4v) is 3.60. The summed E-state index contributed by atoms with van der Waals surface area (Å²) >= 11 is 0. The maximum absolute atomic E-state index is 12.3. The van der Waals surface area contributed by atoms with Gasteiger partial charge in [0.05, 0.1) is 13.4 Å². The van der Waals surface area contributed by atoms with E-state index in [9.17, 15) is 22.8 Å². The van der Waals surface area contributed by atoms with Crippen molar-refractivity contribution >= 4 is 33.5 Å². The van der Waals surface area contributed by atoms with E-state index in [2.05, 4.69) is 15.4 Å². The van der Waals surface area contributed by atoms with Crippen molar-refractivity contribution < 1.29 is 27.5 Å². The Labute approximate surface area is 158 Å². The van der Waals surface area contributed by atoms with E-state index in [0.717, 1.165) is 6.26 Å². The minimum Gasteiger partial charge on any atom is -0.468 e. The highest BCUT2D eigenvalue weighted by Gasteiger charge is 2.28. The van der Waals surface area contributed by atoms with Crippen LogP contribution >= 0.6 is 0 Å². The fourth-order valence-electron chi connectivity index (χ4n) is 2.73. The van der Waals surface area contributed by atoms with E-state index >= 15 is 0 Å². The van der Waals surface area contributed by atoms with E-state index in [1.165, 1.54) is 23.5 Å². The van der Waals surface area contributed by atoms with E-state index in [1.807, 2.05) is 0 Å². The molecule has 0 radical (unpaired) electrons. The number of hydrogen-bond acceptors (Lipinski definition) is 6. The van der Waals surface area contributed by atoms with Crippen LogP contribution in [-0.2, 0) is 24.3 Å². The standard InChI is InChI=1S/C17H23N3O6S/c1-26-15(21)11-18-16(22)12-3-5-14(6-4-12)19-17(23)13-7-9-20(10-8-13)27(2,24)25/h3-6,13H,7-11H2,1-2H3,(H,18,22)(H,19,23). The van der Waals surface area contributed by atoms with Crippen LogP contribution in [0.5, 0.6) is 0 Å². The van der Waals surface area contributed by atoms with Crippen LogP contribution in [0.3, 0.4) is 0 Å². The smallest absolute Gasteiger partial charge is 0.325 e. The molecule has 1 saturated heterocycles. The molecule has 1 aromatic carbocycles. The highest BCUT2D eigenvalue weighted by atomic mass is 32.2. The quantitative estimate of drug-likeness (QED) is 0.661. The predicted molar refractivity (Wildman–Crippen MR) is 98.6 cm³/mol. The fraction of sp³-hybridized carbons (Fsp3) is 0.471. The Morgan fingerprint density at radius 2 is 1.74 bits per heavy atom. The molecule has 1 fully saturated rings. The van der Waals surface area contributed by atoms with E-state index in [-0.39, 0.29) is 18.4 Å². The number of methoxy groups -OCH3 is 1. The molecule has 27 heavy (non-hydrogen) atoms. The molecule has 0 spiro atoms. The van der Waals surface area contributed by atoms with Crippen molar-refractivity contribution in [3.05, 3.63) is 29.8 Å². The molecule has 0 unspecified atom stereocenters. The Morgan fingerprint density at radius 1 is 1.15 bits per heavy atom. The Kier molecular flexibility index (Phi) is 6.92. The largest absolute Gasteiger partial charge is 0.468 e. The summed E-state index contributed by atoms with van der Waals surface area (Å²) in [7, 11) is -1.99. The second-order valence-electron chi connectivity index (χ2n) is 6.26. The lowest BCUT2D eigenvalue weighted by atomic mass is 9.97. The number of anilines is 1. The number of ether oxygens (including phenoxy) is 1. The third-order valence-corrected chi connectivity index (χ3v) is 5.63. The molecule has 10 heteroatoms. The van der Waals surface area contributed by atoms with Gasteiger partial charge in [-0.1, -0.05) is 0 Å². The molecule has 0 aromatic heterocycles. The van der Waals surface area contributed by atoms with Crippen LogP contribution in [0.2, 0.25) is 0 Å². The SMILES string of the molecule is COC(=O)CNC(=O)c1ccc(NC(=O)C2CCN(S(C)(=O)=O)CC2)cc1. The van der Waals surface area contributed by atoms with Crippen LogP contribution in [0.25, 0.3) is 0 Å². The van der Waals surface area contributed by atoms with Gasteiger partial charge in [-0.3, -0.25) is 14.4 Å². The van der Waals surface area contributed by atoms with Gasteiger partial charge in [-0.15, -0.1) is 0 Å². The van der Waals surface area contributed by atoms with Crippen LogP contribution < -0.4 is 10.6 Å². The van der Waals surface area contributed by atoms with Crippen LogP contribution in [0, 0.1) is 5.92 Å². The van der Waals surface area contributed by atoms with Crippen molar-refractivity contribution in [1.82, 2.24) is 9.62 Å². The van der Waals surface area contributed by atoms with Gasteiger partial charge in [-0.2, -0.15) is 0 Å². The summed E-state index contributed by atoms with van der Waals surface area (Å²) in [6.07, 6.45) is 2.09. The van der Waals surface area contributed by atoms with Gasteiger partial charge in [0, 0.05) is 30.3 Å². The number of rotatable bonds is 6. The lowest BCUT2D eigenvalue weighted by molar-refractivity contribution is -0.139. The second-order valence-corrected chi connectivity index (χ2v) is 8.24. The number of amides is 2. The third-order valence-electron chi connectivity index (χ3n) is 4.33. The minimum atomic E-state index is -3.22.